The number of aromatic nitrogens is 1. The number of pyridine rings is 1. The molecule has 0 aromatic carbocycles. The number of fused-ring (bicyclic) bond motifs is 1. The maximum absolute atomic E-state index is 11.8. The number of H-pyrrole nitrogens is 1. The molecule has 3 rings (SSSR count). The van der Waals surface area contributed by atoms with Gasteiger partial charge >= 0.3 is 0 Å². The molecule has 0 saturated carbocycles. The van der Waals surface area contributed by atoms with Crippen molar-refractivity contribution in [3.63, 3.8) is 0 Å². The van der Waals surface area contributed by atoms with Gasteiger partial charge in [0.25, 0.3) is 5.56 Å². The summed E-state index contributed by atoms with van der Waals surface area (Å²) < 4.78 is 10.9. The van der Waals surface area contributed by atoms with Gasteiger partial charge in [-0.1, -0.05) is 0 Å². The quantitative estimate of drug-likeness (QED) is 0.453. The molecule has 2 heterocycles. The van der Waals surface area contributed by atoms with E-state index in [2.05, 4.69) is 4.98 Å². The second-order valence-corrected chi connectivity index (χ2v) is 5.99. The molecule has 128 valence electrons. The molecular formula is C15H21NO7. The second kappa shape index (κ2) is 6.58. The Morgan fingerprint density at radius 1 is 1.17 bits per heavy atom. The summed E-state index contributed by atoms with van der Waals surface area (Å²) in [5.41, 5.74) is 1.44. The van der Waals surface area contributed by atoms with E-state index >= 15 is 0 Å². The van der Waals surface area contributed by atoms with Gasteiger partial charge in [-0.2, -0.15) is 0 Å². The number of ether oxygens (including phenoxy) is 2. The Hall–Kier alpha value is -1.45. The van der Waals surface area contributed by atoms with E-state index in [0.717, 1.165) is 36.8 Å². The first kappa shape index (κ1) is 16.4. The van der Waals surface area contributed by atoms with Gasteiger partial charge in [0.1, 0.15) is 24.4 Å². The van der Waals surface area contributed by atoms with E-state index < -0.39 is 37.3 Å². The fraction of sp³-hybridized carbons (Fsp3) is 0.667. The fourth-order valence-electron chi connectivity index (χ4n) is 3.11. The molecule has 8 nitrogen and oxygen atoms in total. The molecule has 5 atom stereocenters. The van der Waals surface area contributed by atoms with Gasteiger partial charge in [-0.15, -0.1) is 0 Å². The molecule has 1 aliphatic carbocycles. The minimum Gasteiger partial charge on any atom is -0.446 e. The van der Waals surface area contributed by atoms with Crippen LogP contribution in [0.2, 0.25) is 0 Å². The smallest absolute Gasteiger partial charge is 0.250 e. The average Bonchev–Trinajstić information content (AvgIpc) is 2.55. The van der Waals surface area contributed by atoms with Crippen LogP contribution in [0, 0.1) is 0 Å². The summed E-state index contributed by atoms with van der Waals surface area (Å²) in [6.45, 7) is -0.534. The Morgan fingerprint density at radius 2 is 1.91 bits per heavy atom. The van der Waals surface area contributed by atoms with E-state index in [1.165, 1.54) is 6.07 Å². The molecule has 0 radical (unpaired) electrons. The summed E-state index contributed by atoms with van der Waals surface area (Å²) >= 11 is 0. The van der Waals surface area contributed by atoms with E-state index in [0.29, 0.717) is 0 Å². The van der Waals surface area contributed by atoms with E-state index in [4.69, 9.17) is 9.47 Å². The summed E-state index contributed by atoms with van der Waals surface area (Å²) in [5.74, 6) is 0.205. The highest BCUT2D eigenvalue weighted by molar-refractivity contribution is 5.36. The molecule has 2 aliphatic rings. The average molecular weight is 327 g/mol. The van der Waals surface area contributed by atoms with Gasteiger partial charge in [-0.3, -0.25) is 9.78 Å². The zero-order valence-corrected chi connectivity index (χ0v) is 12.5. The molecule has 0 spiro atoms. The van der Waals surface area contributed by atoms with Crippen LogP contribution in [0.25, 0.3) is 0 Å². The Morgan fingerprint density at radius 3 is 2.65 bits per heavy atom. The van der Waals surface area contributed by atoms with E-state index in [1.54, 1.807) is 0 Å². The van der Waals surface area contributed by atoms with Crippen molar-refractivity contribution >= 4 is 0 Å². The van der Waals surface area contributed by atoms with Crippen LogP contribution in [-0.4, -0.2) is 62.7 Å². The van der Waals surface area contributed by atoms with Gasteiger partial charge in [-0.05, 0) is 31.2 Å². The Bertz CT molecular complexity index is 614. The molecule has 2 unspecified atom stereocenters. The summed E-state index contributed by atoms with van der Waals surface area (Å²) in [6.07, 6.45) is -3.34. The maximum Gasteiger partial charge on any atom is 0.250 e. The van der Waals surface area contributed by atoms with Crippen LogP contribution >= 0.6 is 0 Å². The normalized spacial score (nSPS) is 34.0. The van der Waals surface area contributed by atoms with Gasteiger partial charge in [0.05, 0.1) is 6.61 Å². The number of aliphatic hydroxyl groups is 4. The molecule has 1 fully saturated rings. The van der Waals surface area contributed by atoms with E-state index in [-0.39, 0.29) is 11.4 Å². The molecule has 1 aromatic rings. The molecule has 5 N–H and O–H groups in total. The molecule has 1 aliphatic heterocycles. The number of aliphatic hydroxyl groups excluding tert-OH is 4. The highest BCUT2D eigenvalue weighted by Gasteiger charge is 2.45. The predicted octanol–water partition coefficient (Wildman–Crippen LogP) is -1.57. The molecule has 23 heavy (non-hydrogen) atoms. The lowest BCUT2D eigenvalue weighted by atomic mass is 9.93. The van der Waals surface area contributed by atoms with Crippen molar-refractivity contribution in [2.75, 3.05) is 6.61 Å². The summed E-state index contributed by atoms with van der Waals surface area (Å²) in [7, 11) is 0. The minimum absolute atomic E-state index is 0.205. The Balaban J connectivity index is 1.86. The SMILES string of the molecule is O=c1cc2c(c(O[C@@H]3OC(CO)[C@@H](O)[C@H](O)C3O)[nH]1)CCCC2. The number of aromatic amines is 1. The van der Waals surface area contributed by atoms with Gasteiger partial charge in [0, 0.05) is 11.6 Å². The number of nitrogens with one attached hydrogen (secondary N) is 1. The fourth-order valence-corrected chi connectivity index (χ4v) is 3.11. The lowest BCUT2D eigenvalue weighted by Crippen LogP contribution is -2.60. The predicted molar refractivity (Wildman–Crippen MR) is 78.1 cm³/mol. The first-order valence-corrected chi connectivity index (χ1v) is 7.73. The zero-order valence-electron chi connectivity index (χ0n) is 12.5. The lowest BCUT2D eigenvalue weighted by molar-refractivity contribution is -0.278. The standard InChI is InChI=1S/C15H21NO7/c17-6-9-11(19)12(20)13(21)15(22-9)23-14-8-4-2-1-3-7(8)5-10(18)16-14/h5,9,11-13,15,17,19-21H,1-4,6H2,(H,16,18)/t9?,11-,12+,13?,15+/m1/s1. The van der Waals surface area contributed by atoms with Gasteiger partial charge in [0.2, 0.25) is 6.29 Å². The van der Waals surface area contributed by atoms with Gasteiger partial charge in [-0.25, -0.2) is 0 Å². The number of hydrogen-bond donors (Lipinski definition) is 5. The lowest BCUT2D eigenvalue weighted by Gasteiger charge is -2.39. The van der Waals surface area contributed by atoms with Crippen LogP contribution < -0.4 is 10.3 Å². The first-order chi connectivity index (χ1) is 11.0. The zero-order chi connectivity index (χ0) is 16.6. The van der Waals surface area contributed by atoms with Crippen LogP contribution in [0.1, 0.15) is 24.0 Å². The minimum atomic E-state index is -1.52. The van der Waals surface area contributed by atoms with Crippen LogP contribution in [0.15, 0.2) is 10.9 Å². The van der Waals surface area contributed by atoms with Crippen LogP contribution in [0.3, 0.4) is 0 Å². The van der Waals surface area contributed by atoms with Crippen molar-refractivity contribution in [2.45, 2.75) is 56.4 Å². The largest absolute Gasteiger partial charge is 0.446 e. The Kier molecular flexibility index (Phi) is 4.69. The van der Waals surface area contributed by atoms with Crippen LogP contribution in [-0.2, 0) is 17.6 Å². The third-order valence-electron chi connectivity index (χ3n) is 4.41. The highest BCUT2D eigenvalue weighted by atomic mass is 16.7. The summed E-state index contributed by atoms with van der Waals surface area (Å²) in [5, 5.41) is 38.8. The maximum atomic E-state index is 11.8. The topological polar surface area (TPSA) is 132 Å². The Labute approximate surface area is 132 Å². The third kappa shape index (κ3) is 3.13. The van der Waals surface area contributed by atoms with Crippen LogP contribution in [0.5, 0.6) is 5.88 Å². The molecule has 8 heteroatoms. The molecule has 0 amide bonds. The summed E-state index contributed by atoms with van der Waals surface area (Å²) in [6, 6.07) is 1.54. The van der Waals surface area contributed by atoms with Crippen molar-refractivity contribution in [1.82, 2.24) is 4.98 Å². The summed E-state index contributed by atoms with van der Waals surface area (Å²) in [4.78, 5) is 14.3. The number of aryl methyl sites for hydroxylation is 1. The first-order valence-electron chi connectivity index (χ1n) is 7.73. The molecule has 1 aromatic heterocycles. The van der Waals surface area contributed by atoms with E-state index in [1.807, 2.05) is 0 Å². The number of rotatable bonds is 3. The van der Waals surface area contributed by atoms with Gasteiger partial charge < -0.3 is 29.9 Å². The molecular weight excluding hydrogens is 306 g/mol. The van der Waals surface area contributed by atoms with Crippen molar-refractivity contribution in [2.24, 2.45) is 0 Å². The molecule has 0 bridgehead atoms. The van der Waals surface area contributed by atoms with Crippen molar-refractivity contribution in [1.29, 1.82) is 0 Å². The van der Waals surface area contributed by atoms with E-state index in [9.17, 15) is 25.2 Å². The van der Waals surface area contributed by atoms with Crippen LogP contribution in [0.4, 0.5) is 0 Å². The van der Waals surface area contributed by atoms with Crippen molar-refractivity contribution in [3.05, 3.63) is 27.5 Å². The third-order valence-corrected chi connectivity index (χ3v) is 4.41. The number of hydrogen-bond acceptors (Lipinski definition) is 7. The van der Waals surface area contributed by atoms with Crippen molar-refractivity contribution in [3.8, 4) is 5.88 Å². The van der Waals surface area contributed by atoms with Gasteiger partial charge in [0.15, 0.2) is 5.88 Å². The monoisotopic (exact) mass is 327 g/mol. The second-order valence-electron chi connectivity index (χ2n) is 5.99. The van der Waals surface area contributed by atoms with Crippen molar-refractivity contribution < 1.29 is 29.9 Å². The molecule has 1 saturated heterocycles. The highest BCUT2D eigenvalue weighted by Crippen LogP contribution is 2.29.